The maximum Gasteiger partial charge on any atom is 0.306 e. The first-order valence-corrected chi connectivity index (χ1v) is 6.01. The average molecular weight is 321 g/mol. The van der Waals surface area contributed by atoms with E-state index in [0.29, 0.717) is 10.7 Å². The molecule has 1 amide bonds. The molecule has 0 saturated heterocycles. The molecule has 0 radical (unpaired) electrons. The lowest BCUT2D eigenvalue weighted by Gasteiger charge is -2.05. The number of hydrogen-bond donors (Lipinski definition) is 1. The predicted molar refractivity (Wildman–Crippen MR) is 69.0 cm³/mol. The minimum absolute atomic E-state index is 0.0621. The number of esters is 1. The van der Waals surface area contributed by atoms with Gasteiger partial charge < -0.3 is 10.1 Å². The van der Waals surface area contributed by atoms with Crippen molar-refractivity contribution in [3.8, 4) is 0 Å². The summed E-state index contributed by atoms with van der Waals surface area (Å²) in [5.41, 5.74) is 0.591. The van der Waals surface area contributed by atoms with E-state index in [2.05, 4.69) is 26.0 Å². The van der Waals surface area contributed by atoms with E-state index < -0.39 is 5.97 Å². The van der Waals surface area contributed by atoms with Gasteiger partial charge in [0.05, 0.1) is 18.6 Å². The quantitative estimate of drug-likeness (QED) is 0.868. The highest BCUT2D eigenvalue weighted by Crippen LogP contribution is 2.25. The zero-order valence-corrected chi connectivity index (χ0v) is 11.5. The fourth-order valence-corrected chi connectivity index (χ4v) is 1.54. The summed E-state index contributed by atoms with van der Waals surface area (Å²) in [5, 5.41) is 3.15. The Balaban J connectivity index is 2.50. The zero-order valence-electron chi connectivity index (χ0n) is 9.13. The van der Waals surface area contributed by atoms with Crippen molar-refractivity contribution in [1.82, 2.24) is 0 Å². The van der Waals surface area contributed by atoms with E-state index in [1.807, 2.05) is 0 Å². The number of ether oxygens (including phenoxy) is 1. The normalized spacial score (nSPS) is 9.82. The lowest BCUT2D eigenvalue weighted by Crippen LogP contribution is -2.13. The Morgan fingerprint density at radius 3 is 2.71 bits per heavy atom. The first-order valence-electron chi connectivity index (χ1n) is 4.84. The number of carbonyl (C=O) groups excluding carboxylic acids is 2. The second kappa shape index (κ2) is 6.61. The van der Waals surface area contributed by atoms with Crippen molar-refractivity contribution in [2.45, 2.75) is 12.8 Å². The number of halogens is 2. The number of nitrogens with one attached hydrogen (secondary N) is 1. The molecular weight excluding hydrogens is 309 g/mol. The van der Waals surface area contributed by atoms with Crippen LogP contribution in [0.5, 0.6) is 0 Å². The van der Waals surface area contributed by atoms with Gasteiger partial charge in [0.2, 0.25) is 5.91 Å². The monoisotopic (exact) mass is 319 g/mol. The molecule has 0 fully saturated rings. The molecule has 0 atom stereocenters. The number of hydrogen-bond acceptors (Lipinski definition) is 3. The van der Waals surface area contributed by atoms with E-state index >= 15 is 0 Å². The van der Waals surface area contributed by atoms with Gasteiger partial charge in [0.25, 0.3) is 0 Å². The van der Waals surface area contributed by atoms with Crippen LogP contribution in [0.25, 0.3) is 0 Å². The van der Waals surface area contributed by atoms with Crippen molar-refractivity contribution in [2.75, 3.05) is 12.4 Å². The van der Waals surface area contributed by atoms with Gasteiger partial charge in [0.1, 0.15) is 0 Å². The van der Waals surface area contributed by atoms with Gasteiger partial charge in [-0.15, -0.1) is 0 Å². The summed E-state index contributed by atoms with van der Waals surface area (Å²) in [6.45, 7) is 0. The summed E-state index contributed by atoms with van der Waals surface area (Å²) in [6.07, 6.45) is 0.146. The van der Waals surface area contributed by atoms with E-state index in [9.17, 15) is 9.59 Å². The van der Waals surface area contributed by atoms with Crippen LogP contribution >= 0.6 is 27.5 Å². The minimum Gasteiger partial charge on any atom is -0.469 e. The topological polar surface area (TPSA) is 55.4 Å². The molecule has 0 aliphatic carbocycles. The van der Waals surface area contributed by atoms with Crippen LogP contribution in [-0.4, -0.2) is 19.0 Å². The summed E-state index contributed by atoms with van der Waals surface area (Å²) >= 11 is 9.12. The molecule has 6 heteroatoms. The number of amides is 1. The number of benzene rings is 1. The Morgan fingerprint density at radius 2 is 2.12 bits per heavy atom. The van der Waals surface area contributed by atoms with Crippen LogP contribution in [0.3, 0.4) is 0 Å². The lowest BCUT2D eigenvalue weighted by atomic mass is 10.2. The minimum atomic E-state index is -0.408. The Labute approximate surface area is 112 Å². The summed E-state index contributed by atoms with van der Waals surface area (Å²) in [4.78, 5) is 22.3. The second-order valence-electron chi connectivity index (χ2n) is 3.25. The van der Waals surface area contributed by atoms with Crippen LogP contribution in [-0.2, 0) is 14.3 Å². The summed E-state index contributed by atoms with van der Waals surface area (Å²) in [7, 11) is 1.29. The molecule has 0 unspecified atom stereocenters. The third-order valence-corrected chi connectivity index (χ3v) is 3.22. The molecule has 1 rings (SSSR count). The molecule has 0 saturated carbocycles. The van der Waals surface area contributed by atoms with Crippen molar-refractivity contribution in [2.24, 2.45) is 0 Å². The van der Waals surface area contributed by atoms with Crippen molar-refractivity contribution >= 4 is 45.1 Å². The molecule has 0 aliphatic rings. The van der Waals surface area contributed by atoms with E-state index in [1.165, 1.54) is 7.11 Å². The van der Waals surface area contributed by atoms with Gasteiger partial charge >= 0.3 is 5.97 Å². The molecule has 1 aromatic rings. The lowest BCUT2D eigenvalue weighted by molar-refractivity contribution is -0.141. The number of anilines is 1. The summed E-state index contributed by atoms with van der Waals surface area (Å²) in [6, 6.07) is 5.08. The third kappa shape index (κ3) is 4.75. The van der Waals surface area contributed by atoms with E-state index in [0.717, 1.165) is 4.47 Å². The number of methoxy groups -OCH3 is 1. The molecular formula is C11H11BrClNO3. The fourth-order valence-electron chi connectivity index (χ4n) is 1.12. The van der Waals surface area contributed by atoms with Crippen LogP contribution in [0, 0.1) is 0 Å². The van der Waals surface area contributed by atoms with Crippen LogP contribution in [0.4, 0.5) is 5.69 Å². The number of rotatable bonds is 4. The largest absolute Gasteiger partial charge is 0.469 e. The Kier molecular flexibility index (Phi) is 5.44. The smallest absolute Gasteiger partial charge is 0.306 e. The highest BCUT2D eigenvalue weighted by molar-refractivity contribution is 9.10. The summed E-state index contributed by atoms with van der Waals surface area (Å²) in [5.74, 6) is -0.664. The molecule has 4 nitrogen and oxygen atoms in total. The van der Waals surface area contributed by atoms with Crippen molar-refractivity contribution < 1.29 is 14.3 Å². The second-order valence-corrected chi connectivity index (χ2v) is 4.51. The molecule has 0 aliphatic heterocycles. The predicted octanol–water partition coefficient (Wildman–Crippen LogP) is 2.99. The SMILES string of the molecule is COC(=O)CCC(=O)Nc1ccc(Br)c(Cl)c1. The molecule has 1 N–H and O–H groups in total. The molecule has 17 heavy (non-hydrogen) atoms. The van der Waals surface area contributed by atoms with E-state index in [-0.39, 0.29) is 18.7 Å². The number of carbonyl (C=O) groups is 2. The van der Waals surface area contributed by atoms with Crippen LogP contribution < -0.4 is 5.32 Å². The zero-order chi connectivity index (χ0) is 12.8. The molecule has 0 heterocycles. The maximum atomic E-state index is 11.5. The Bertz CT molecular complexity index is 437. The Hall–Kier alpha value is -1.07. The maximum absolute atomic E-state index is 11.5. The Morgan fingerprint density at radius 1 is 1.41 bits per heavy atom. The molecule has 1 aromatic carbocycles. The van der Waals surface area contributed by atoms with Crippen molar-refractivity contribution in [1.29, 1.82) is 0 Å². The van der Waals surface area contributed by atoms with Crippen LogP contribution in [0.15, 0.2) is 22.7 Å². The van der Waals surface area contributed by atoms with Gasteiger partial charge in [0.15, 0.2) is 0 Å². The first kappa shape index (κ1) is 14.0. The molecule has 0 aromatic heterocycles. The highest BCUT2D eigenvalue weighted by atomic mass is 79.9. The van der Waals surface area contributed by atoms with Gasteiger partial charge in [-0.05, 0) is 34.1 Å². The van der Waals surface area contributed by atoms with Gasteiger partial charge in [-0.3, -0.25) is 9.59 Å². The molecule has 0 spiro atoms. The summed E-state index contributed by atoms with van der Waals surface area (Å²) < 4.78 is 5.20. The highest BCUT2D eigenvalue weighted by Gasteiger charge is 2.07. The first-order chi connectivity index (χ1) is 8.02. The standard InChI is InChI=1S/C11H11BrClNO3/c1-17-11(16)5-4-10(15)14-7-2-3-8(12)9(13)6-7/h2-3,6H,4-5H2,1H3,(H,14,15). The average Bonchev–Trinajstić information content (AvgIpc) is 2.31. The third-order valence-electron chi connectivity index (χ3n) is 1.99. The van der Waals surface area contributed by atoms with E-state index in [1.54, 1.807) is 18.2 Å². The van der Waals surface area contributed by atoms with Crippen molar-refractivity contribution in [3.63, 3.8) is 0 Å². The van der Waals surface area contributed by atoms with Crippen molar-refractivity contribution in [3.05, 3.63) is 27.7 Å². The van der Waals surface area contributed by atoms with Gasteiger partial charge in [-0.25, -0.2) is 0 Å². The van der Waals surface area contributed by atoms with Gasteiger partial charge in [0, 0.05) is 16.6 Å². The van der Waals surface area contributed by atoms with Gasteiger partial charge in [-0.1, -0.05) is 11.6 Å². The molecule has 0 bridgehead atoms. The van der Waals surface area contributed by atoms with Crippen LogP contribution in [0.1, 0.15) is 12.8 Å². The van der Waals surface area contributed by atoms with Crippen LogP contribution in [0.2, 0.25) is 5.02 Å². The fraction of sp³-hybridized carbons (Fsp3) is 0.273. The van der Waals surface area contributed by atoms with Gasteiger partial charge in [-0.2, -0.15) is 0 Å². The molecule has 92 valence electrons. The van der Waals surface area contributed by atoms with E-state index in [4.69, 9.17) is 11.6 Å².